The highest BCUT2D eigenvalue weighted by atomic mass is 19.4. The summed E-state index contributed by atoms with van der Waals surface area (Å²) in [5, 5.41) is 15.6. The van der Waals surface area contributed by atoms with E-state index in [2.05, 4.69) is 15.4 Å². The minimum atomic E-state index is -5.06. The maximum atomic E-state index is 14.1. The van der Waals surface area contributed by atoms with Crippen molar-refractivity contribution in [3.05, 3.63) is 92.8 Å². The number of nitrogens with zero attached hydrogens (tertiary/aromatic N) is 2. The van der Waals surface area contributed by atoms with Crippen LogP contribution in [-0.4, -0.2) is 32.2 Å². The zero-order valence-corrected chi connectivity index (χ0v) is 19.3. The number of amides is 1. The summed E-state index contributed by atoms with van der Waals surface area (Å²) >= 11 is 0. The van der Waals surface area contributed by atoms with Crippen molar-refractivity contribution in [2.24, 2.45) is 0 Å². The zero-order valence-electron chi connectivity index (χ0n) is 19.3. The Kier molecular flexibility index (Phi) is 6.68. The Morgan fingerprint density at radius 2 is 1.83 bits per heavy atom. The third kappa shape index (κ3) is 4.87. The van der Waals surface area contributed by atoms with E-state index in [1.165, 1.54) is 18.3 Å². The molecule has 0 radical (unpaired) electrons. The number of aliphatic hydroxyl groups is 1. The lowest BCUT2D eigenvalue weighted by Crippen LogP contribution is -2.31. The number of aromatic nitrogens is 3. The first-order chi connectivity index (χ1) is 17.0. The maximum Gasteiger partial charge on any atom is 0.421 e. The number of carbonyl (C=O) groups excluding carboxylic acids is 1. The molecule has 0 aliphatic carbocycles. The number of hydrogen-bond acceptors (Lipinski definition) is 4. The highest BCUT2D eigenvalue weighted by molar-refractivity contribution is 5.96. The number of nitrogens with one attached hydrogen (secondary N) is 2. The Morgan fingerprint density at radius 1 is 1.14 bits per heavy atom. The van der Waals surface area contributed by atoms with Crippen LogP contribution in [0.25, 0.3) is 16.8 Å². The fourth-order valence-electron chi connectivity index (χ4n) is 3.94. The summed E-state index contributed by atoms with van der Waals surface area (Å²) in [6, 6.07) is 9.35. The third-order valence-electron chi connectivity index (χ3n) is 5.94. The lowest BCUT2D eigenvalue weighted by atomic mass is 10.0. The number of aliphatic hydroxyl groups excluding tert-OH is 1. The first kappa shape index (κ1) is 25.1. The van der Waals surface area contributed by atoms with Crippen molar-refractivity contribution in [3.63, 3.8) is 0 Å². The van der Waals surface area contributed by atoms with Crippen LogP contribution in [-0.2, 0) is 6.18 Å². The van der Waals surface area contributed by atoms with E-state index in [1.807, 2.05) is 19.9 Å². The van der Waals surface area contributed by atoms with Gasteiger partial charge in [-0.2, -0.15) is 18.3 Å². The molecule has 0 aliphatic heterocycles. The van der Waals surface area contributed by atoms with E-state index >= 15 is 0 Å². The van der Waals surface area contributed by atoms with Crippen molar-refractivity contribution in [3.8, 4) is 11.3 Å². The van der Waals surface area contributed by atoms with Gasteiger partial charge in [0.1, 0.15) is 16.9 Å². The highest BCUT2D eigenvalue weighted by Crippen LogP contribution is 2.35. The number of H-pyrrole nitrogens is 1. The molecule has 11 heteroatoms. The second kappa shape index (κ2) is 9.57. The van der Waals surface area contributed by atoms with Crippen molar-refractivity contribution in [2.45, 2.75) is 32.5 Å². The normalized spacial score (nSPS) is 12.6. The van der Waals surface area contributed by atoms with Crippen LogP contribution >= 0.6 is 0 Å². The van der Waals surface area contributed by atoms with Gasteiger partial charge in [0.05, 0.1) is 17.9 Å². The van der Waals surface area contributed by atoms with Crippen LogP contribution in [0.2, 0.25) is 0 Å². The number of fused-ring (bicyclic) bond motifs is 1. The van der Waals surface area contributed by atoms with Gasteiger partial charge in [-0.3, -0.25) is 9.59 Å². The Bertz CT molecular complexity index is 1490. The van der Waals surface area contributed by atoms with Gasteiger partial charge in [0.15, 0.2) is 5.69 Å². The van der Waals surface area contributed by atoms with E-state index in [1.54, 1.807) is 12.1 Å². The van der Waals surface area contributed by atoms with Crippen LogP contribution in [0.1, 0.15) is 45.2 Å². The van der Waals surface area contributed by atoms with Crippen molar-refractivity contribution < 1.29 is 27.5 Å². The van der Waals surface area contributed by atoms with E-state index in [4.69, 9.17) is 0 Å². The third-order valence-corrected chi connectivity index (χ3v) is 5.94. The van der Waals surface area contributed by atoms with Crippen LogP contribution in [0, 0.1) is 19.7 Å². The van der Waals surface area contributed by atoms with Gasteiger partial charge < -0.3 is 15.4 Å². The second-order valence-electron chi connectivity index (χ2n) is 8.40. The van der Waals surface area contributed by atoms with Crippen molar-refractivity contribution in [1.82, 2.24) is 19.9 Å². The molecule has 4 rings (SSSR count). The number of hydrogen-bond donors (Lipinski definition) is 3. The van der Waals surface area contributed by atoms with Crippen LogP contribution in [0.3, 0.4) is 0 Å². The summed E-state index contributed by atoms with van der Waals surface area (Å²) in [6.07, 6.45) is -3.88. The van der Waals surface area contributed by atoms with Gasteiger partial charge >= 0.3 is 6.18 Å². The van der Waals surface area contributed by atoms with Crippen molar-refractivity contribution in [2.75, 3.05) is 6.61 Å². The molecule has 4 aromatic rings. The highest BCUT2D eigenvalue weighted by Gasteiger charge is 2.42. The molecule has 7 nitrogen and oxygen atoms in total. The van der Waals surface area contributed by atoms with Gasteiger partial charge in [-0.1, -0.05) is 24.3 Å². The molecule has 2 heterocycles. The topological polar surface area (TPSA) is 99.5 Å². The Hall–Kier alpha value is -3.99. The quantitative estimate of drug-likeness (QED) is 0.342. The van der Waals surface area contributed by atoms with Gasteiger partial charge in [0, 0.05) is 6.61 Å². The molecule has 0 spiro atoms. The van der Waals surface area contributed by atoms with Gasteiger partial charge in [0.2, 0.25) is 0 Å². The fourth-order valence-corrected chi connectivity index (χ4v) is 3.94. The maximum absolute atomic E-state index is 14.1. The van der Waals surface area contributed by atoms with Crippen LogP contribution in [0.4, 0.5) is 17.6 Å². The molecule has 0 aliphatic rings. The molecular weight excluding hydrogens is 480 g/mol. The molecule has 1 amide bonds. The van der Waals surface area contributed by atoms with Crippen molar-refractivity contribution >= 4 is 11.4 Å². The molecule has 0 fully saturated rings. The van der Waals surface area contributed by atoms with Gasteiger partial charge in [-0.25, -0.2) is 8.91 Å². The van der Waals surface area contributed by atoms with Gasteiger partial charge in [-0.15, -0.1) is 0 Å². The standard InChI is InChI=1S/C25H22F4N4O3/c1-13-3-4-16(11-14(13)2)19-12-33-22(24(36)31-19)20(25(27,28)29)21(32-33)23(35)30-18(9-10-34)15-5-7-17(26)8-6-15/h3-8,11-12,18,34H,9-10H2,1-2H3,(H,30,35)(H,31,36)/t18-/m1/s1. The number of alkyl halides is 3. The molecule has 2 aromatic carbocycles. The summed E-state index contributed by atoms with van der Waals surface area (Å²) in [5.74, 6) is -1.73. The molecule has 1 atom stereocenters. The number of carbonyl (C=O) groups is 1. The molecule has 0 saturated carbocycles. The van der Waals surface area contributed by atoms with E-state index in [0.29, 0.717) is 11.1 Å². The van der Waals surface area contributed by atoms with Crippen LogP contribution < -0.4 is 10.9 Å². The van der Waals surface area contributed by atoms with Crippen LogP contribution in [0.15, 0.2) is 53.5 Å². The SMILES string of the molecule is Cc1ccc(-c2cn3nc(C(=O)N[C@H](CCO)c4ccc(F)cc4)c(C(F)(F)F)c3c(=O)[nH]2)cc1C. The largest absolute Gasteiger partial charge is 0.421 e. The fraction of sp³-hybridized carbons (Fsp3) is 0.240. The van der Waals surface area contributed by atoms with Gasteiger partial charge in [0.25, 0.3) is 11.5 Å². The summed E-state index contributed by atoms with van der Waals surface area (Å²) in [5.41, 5.74) is -1.26. The lowest BCUT2D eigenvalue weighted by Gasteiger charge is -2.18. The molecule has 188 valence electrons. The minimum absolute atomic E-state index is 0.0381. The average molecular weight is 502 g/mol. The van der Waals surface area contributed by atoms with E-state index < -0.39 is 52.9 Å². The van der Waals surface area contributed by atoms with Crippen molar-refractivity contribution in [1.29, 1.82) is 0 Å². The number of aryl methyl sites for hydroxylation is 2. The van der Waals surface area contributed by atoms with E-state index in [-0.39, 0.29) is 12.1 Å². The summed E-state index contributed by atoms with van der Waals surface area (Å²) in [7, 11) is 0. The molecule has 3 N–H and O–H groups in total. The predicted molar refractivity (Wildman–Crippen MR) is 124 cm³/mol. The van der Waals surface area contributed by atoms with E-state index in [0.717, 1.165) is 27.8 Å². The summed E-state index contributed by atoms with van der Waals surface area (Å²) in [6.45, 7) is 3.37. The molecule has 0 unspecified atom stereocenters. The molecular formula is C25H22F4N4O3. The first-order valence-electron chi connectivity index (χ1n) is 11.0. The number of halogens is 4. The number of benzene rings is 2. The Balaban J connectivity index is 1.81. The minimum Gasteiger partial charge on any atom is -0.396 e. The number of aromatic amines is 1. The lowest BCUT2D eigenvalue weighted by molar-refractivity contribution is -0.136. The molecule has 0 bridgehead atoms. The Morgan fingerprint density at radius 3 is 2.44 bits per heavy atom. The van der Waals surface area contributed by atoms with E-state index in [9.17, 15) is 32.3 Å². The second-order valence-corrected chi connectivity index (χ2v) is 8.40. The Labute approximate surface area is 202 Å². The van der Waals surface area contributed by atoms with Gasteiger partial charge in [-0.05, 0) is 60.7 Å². The zero-order chi connectivity index (χ0) is 26.2. The number of rotatable bonds is 6. The summed E-state index contributed by atoms with van der Waals surface area (Å²) in [4.78, 5) is 28.2. The first-order valence-corrected chi connectivity index (χ1v) is 11.0. The smallest absolute Gasteiger partial charge is 0.396 e. The average Bonchev–Trinajstić information content (AvgIpc) is 3.22. The molecule has 0 saturated heterocycles. The van der Waals surface area contributed by atoms with Crippen LogP contribution in [0.5, 0.6) is 0 Å². The molecule has 2 aromatic heterocycles. The monoisotopic (exact) mass is 502 g/mol. The summed E-state index contributed by atoms with van der Waals surface area (Å²) < 4.78 is 56.2. The molecule has 36 heavy (non-hydrogen) atoms. The predicted octanol–water partition coefficient (Wildman–Crippen LogP) is 4.32.